The molecule has 5 nitrogen and oxygen atoms in total. The van der Waals surface area contributed by atoms with Crippen LogP contribution in [-0.2, 0) is 0 Å². The Morgan fingerprint density at radius 3 is 2.43 bits per heavy atom. The summed E-state index contributed by atoms with van der Waals surface area (Å²) in [6.07, 6.45) is 3.17. The van der Waals surface area contributed by atoms with Crippen LogP contribution in [0.15, 0.2) is 47.7 Å². The van der Waals surface area contributed by atoms with E-state index in [1.165, 1.54) is 5.69 Å². The maximum atomic E-state index is 11.9. The van der Waals surface area contributed by atoms with Crippen molar-refractivity contribution in [2.45, 2.75) is 20.8 Å². The van der Waals surface area contributed by atoms with E-state index in [0.29, 0.717) is 5.56 Å². The van der Waals surface area contributed by atoms with Gasteiger partial charge in [-0.25, -0.2) is 5.43 Å². The Labute approximate surface area is 137 Å². The Balaban J connectivity index is 1.95. The Hall–Kier alpha value is -2.69. The van der Waals surface area contributed by atoms with Crippen LogP contribution in [-0.4, -0.2) is 30.2 Å². The second-order valence-electron chi connectivity index (χ2n) is 5.15. The number of carbonyl (C=O) groups excluding carboxylic acids is 1. The molecule has 1 aromatic heterocycles. The van der Waals surface area contributed by atoms with Gasteiger partial charge in [0.05, 0.1) is 11.8 Å². The lowest BCUT2D eigenvalue weighted by Crippen LogP contribution is -2.21. The van der Waals surface area contributed by atoms with E-state index in [2.05, 4.69) is 46.4 Å². The third kappa shape index (κ3) is 4.64. The van der Waals surface area contributed by atoms with Crippen LogP contribution >= 0.6 is 0 Å². The summed E-state index contributed by atoms with van der Waals surface area (Å²) in [6.45, 7) is 8.10. The van der Waals surface area contributed by atoms with E-state index in [1.54, 1.807) is 24.5 Å². The molecule has 23 heavy (non-hydrogen) atoms. The number of hydrogen-bond acceptors (Lipinski definition) is 4. The van der Waals surface area contributed by atoms with Gasteiger partial charge in [-0.15, -0.1) is 0 Å². The maximum absolute atomic E-state index is 11.9. The third-order valence-electron chi connectivity index (χ3n) is 3.57. The molecule has 1 amide bonds. The average molecular weight is 310 g/mol. The largest absolute Gasteiger partial charge is 0.372 e. The minimum Gasteiger partial charge on any atom is -0.372 e. The first-order valence-electron chi connectivity index (χ1n) is 7.75. The molecule has 0 saturated heterocycles. The summed E-state index contributed by atoms with van der Waals surface area (Å²) in [5.74, 6) is -0.270. The van der Waals surface area contributed by atoms with Crippen molar-refractivity contribution in [1.29, 1.82) is 0 Å². The van der Waals surface area contributed by atoms with Gasteiger partial charge in [0.2, 0.25) is 0 Å². The van der Waals surface area contributed by atoms with E-state index in [-0.39, 0.29) is 5.91 Å². The molecule has 0 bridgehead atoms. The van der Waals surface area contributed by atoms with Gasteiger partial charge in [-0.05, 0) is 50.6 Å². The molecular formula is C18H22N4O. The zero-order chi connectivity index (χ0) is 16.7. The first-order valence-corrected chi connectivity index (χ1v) is 7.75. The van der Waals surface area contributed by atoms with Crippen molar-refractivity contribution in [2.24, 2.45) is 5.10 Å². The van der Waals surface area contributed by atoms with Crippen molar-refractivity contribution in [3.8, 4) is 0 Å². The molecule has 120 valence electrons. The highest BCUT2D eigenvalue weighted by atomic mass is 16.2. The van der Waals surface area contributed by atoms with Gasteiger partial charge in [0.25, 0.3) is 5.91 Å². The van der Waals surface area contributed by atoms with Crippen LogP contribution in [0.2, 0.25) is 0 Å². The normalized spacial score (nSPS) is 10.7. The van der Waals surface area contributed by atoms with Gasteiger partial charge in [0.1, 0.15) is 0 Å². The highest BCUT2D eigenvalue weighted by Crippen LogP contribution is 2.13. The molecule has 2 aromatic rings. The Bertz CT molecular complexity index is 658. The number of benzene rings is 1. The van der Waals surface area contributed by atoms with Gasteiger partial charge < -0.3 is 4.90 Å². The second-order valence-corrected chi connectivity index (χ2v) is 5.15. The molecule has 1 N–H and O–H groups in total. The Kier molecular flexibility index (Phi) is 5.86. The lowest BCUT2D eigenvalue weighted by Gasteiger charge is -2.20. The van der Waals surface area contributed by atoms with Gasteiger partial charge >= 0.3 is 0 Å². The van der Waals surface area contributed by atoms with Crippen LogP contribution in [0.1, 0.15) is 35.5 Å². The first kappa shape index (κ1) is 16.7. The number of aromatic nitrogens is 1. The van der Waals surface area contributed by atoms with Gasteiger partial charge in [-0.1, -0.05) is 12.1 Å². The van der Waals surface area contributed by atoms with Crippen LogP contribution in [0, 0.1) is 6.92 Å². The summed E-state index contributed by atoms with van der Waals surface area (Å²) in [5, 5.41) is 3.99. The van der Waals surface area contributed by atoms with E-state index < -0.39 is 0 Å². The van der Waals surface area contributed by atoms with Crippen molar-refractivity contribution >= 4 is 17.8 Å². The van der Waals surface area contributed by atoms with E-state index in [1.807, 2.05) is 19.1 Å². The van der Waals surface area contributed by atoms with Crippen molar-refractivity contribution < 1.29 is 4.79 Å². The van der Waals surface area contributed by atoms with Crippen molar-refractivity contribution in [3.63, 3.8) is 0 Å². The molecule has 0 spiro atoms. The van der Waals surface area contributed by atoms with Gasteiger partial charge in [0, 0.05) is 30.7 Å². The molecular weight excluding hydrogens is 288 g/mol. The van der Waals surface area contributed by atoms with Crippen LogP contribution in [0.5, 0.6) is 0 Å². The second kappa shape index (κ2) is 8.08. The number of hydrazone groups is 1. The summed E-state index contributed by atoms with van der Waals surface area (Å²) in [4.78, 5) is 18.3. The average Bonchev–Trinajstić information content (AvgIpc) is 2.58. The minimum absolute atomic E-state index is 0.270. The summed E-state index contributed by atoms with van der Waals surface area (Å²) >= 11 is 0. The molecule has 0 fully saturated rings. The molecule has 1 aromatic carbocycles. The van der Waals surface area contributed by atoms with E-state index >= 15 is 0 Å². The number of aryl methyl sites for hydroxylation is 1. The summed E-state index contributed by atoms with van der Waals surface area (Å²) in [6, 6.07) is 11.6. The lowest BCUT2D eigenvalue weighted by atomic mass is 10.2. The Morgan fingerprint density at radius 2 is 1.87 bits per heavy atom. The molecule has 5 heteroatoms. The monoisotopic (exact) mass is 310 g/mol. The van der Waals surface area contributed by atoms with Crippen LogP contribution < -0.4 is 10.3 Å². The molecule has 0 aliphatic carbocycles. The van der Waals surface area contributed by atoms with Gasteiger partial charge in [-0.2, -0.15) is 5.10 Å². The summed E-state index contributed by atoms with van der Waals surface area (Å²) < 4.78 is 0. The number of amides is 1. The number of rotatable bonds is 6. The smallest absolute Gasteiger partial charge is 0.272 e. The van der Waals surface area contributed by atoms with E-state index in [0.717, 1.165) is 24.3 Å². The number of anilines is 1. The standard InChI is InChI=1S/C18H22N4O/c1-4-22(5-2)17-10-7-15(8-11-17)12-20-21-18(23)16-9-6-14(3)19-13-16/h6-13H,4-5H2,1-3H3,(H,21,23). The fourth-order valence-corrected chi connectivity index (χ4v) is 2.19. The SMILES string of the molecule is CCN(CC)c1ccc(C=NNC(=O)c2ccc(C)nc2)cc1. The predicted octanol–water partition coefficient (Wildman–Crippen LogP) is 3.00. The number of hydrogen-bond donors (Lipinski definition) is 1. The number of carbonyl (C=O) groups is 1. The van der Waals surface area contributed by atoms with Crippen LogP contribution in [0.4, 0.5) is 5.69 Å². The molecule has 0 saturated carbocycles. The van der Waals surface area contributed by atoms with Gasteiger partial charge in [-0.3, -0.25) is 9.78 Å². The third-order valence-corrected chi connectivity index (χ3v) is 3.57. The lowest BCUT2D eigenvalue weighted by molar-refractivity contribution is 0.0955. The topological polar surface area (TPSA) is 57.6 Å². The van der Waals surface area contributed by atoms with Gasteiger partial charge in [0.15, 0.2) is 0 Å². The first-order chi connectivity index (χ1) is 11.1. The molecule has 1 heterocycles. The molecule has 2 rings (SSSR count). The summed E-state index contributed by atoms with van der Waals surface area (Å²) in [5.41, 5.74) is 5.99. The molecule has 0 radical (unpaired) electrons. The minimum atomic E-state index is -0.270. The van der Waals surface area contributed by atoms with Crippen molar-refractivity contribution in [1.82, 2.24) is 10.4 Å². The molecule has 0 aliphatic rings. The number of nitrogens with zero attached hydrogens (tertiary/aromatic N) is 3. The van der Waals surface area contributed by atoms with E-state index in [4.69, 9.17) is 0 Å². The summed E-state index contributed by atoms with van der Waals surface area (Å²) in [7, 11) is 0. The Morgan fingerprint density at radius 1 is 1.17 bits per heavy atom. The predicted molar refractivity (Wildman–Crippen MR) is 94.0 cm³/mol. The van der Waals surface area contributed by atoms with Crippen molar-refractivity contribution in [2.75, 3.05) is 18.0 Å². The highest BCUT2D eigenvalue weighted by molar-refractivity contribution is 5.94. The molecule has 0 aliphatic heterocycles. The fraction of sp³-hybridized carbons (Fsp3) is 0.278. The highest BCUT2D eigenvalue weighted by Gasteiger charge is 2.04. The molecule has 0 atom stereocenters. The quantitative estimate of drug-likeness (QED) is 0.659. The fourth-order valence-electron chi connectivity index (χ4n) is 2.19. The zero-order valence-electron chi connectivity index (χ0n) is 13.8. The number of pyridine rings is 1. The van der Waals surface area contributed by atoms with Crippen molar-refractivity contribution in [3.05, 3.63) is 59.4 Å². The van der Waals surface area contributed by atoms with E-state index in [9.17, 15) is 4.79 Å². The van der Waals surface area contributed by atoms with Crippen LogP contribution in [0.25, 0.3) is 0 Å². The molecule has 0 unspecified atom stereocenters. The maximum Gasteiger partial charge on any atom is 0.272 e. The van der Waals surface area contributed by atoms with Crippen LogP contribution in [0.3, 0.4) is 0 Å². The number of nitrogens with one attached hydrogen (secondary N) is 1. The zero-order valence-corrected chi connectivity index (χ0v) is 13.8.